The summed E-state index contributed by atoms with van der Waals surface area (Å²) in [5, 5.41) is 18.6. The number of hydrogen-bond donors (Lipinski definition) is 2. The van der Waals surface area contributed by atoms with Gasteiger partial charge in [0.15, 0.2) is 0 Å². The Bertz CT molecular complexity index is 197. The summed E-state index contributed by atoms with van der Waals surface area (Å²) in [6, 6.07) is 0. The molecule has 0 bridgehead atoms. The van der Waals surface area contributed by atoms with Crippen molar-refractivity contribution in [2.75, 3.05) is 5.88 Å². The van der Waals surface area contributed by atoms with Crippen LogP contribution < -0.4 is 0 Å². The molecular formula is C7H11ClO5. The van der Waals surface area contributed by atoms with Crippen LogP contribution in [0.4, 0.5) is 0 Å². The van der Waals surface area contributed by atoms with Crippen LogP contribution in [0, 0.1) is 0 Å². The van der Waals surface area contributed by atoms with E-state index in [1.54, 1.807) is 0 Å². The van der Waals surface area contributed by atoms with Crippen LogP contribution in [0.25, 0.3) is 0 Å². The van der Waals surface area contributed by atoms with Crippen LogP contribution in [0.15, 0.2) is 0 Å². The number of halogens is 1. The van der Waals surface area contributed by atoms with Gasteiger partial charge >= 0.3 is 5.97 Å². The smallest absolute Gasteiger partial charge is 0.305 e. The van der Waals surface area contributed by atoms with E-state index >= 15 is 0 Å². The molecule has 5 nitrogen and oxygen atoms in total. The summed E-state index contributed by atoms with van der Waals surface area (Å²) in [7, 11) is 0. The fourth-order valence-electron chi connectivity index (χ4n) is 1.10. The van der Waals surface area contributed by atoms with Crippen LogP contribution >= 0.6 is 11.6 Å². The van der Waals surface area contributed by atoms with Crippen molar-refractivity contribution in [2.24, 2.45) is 0 Å². The van der Waals surface area contributed by atoms with Gasteiger partial charge in [-0.1, -0.05) is 0 Å². The van der Waals surface area contributed by atoms with Crippen molar-refractivity contribution in [2.45, 2.75) is 31.5 Å². The predicted octanol–water partition coefficient (Wildman–Crippen LogP) is -0.765. The van der Waals surface area contributed by atoms with Gasteiger partial charge in [-0.3, -0.25) is 4.79 Å². The number of carbonyl (C=O) groups excluding carboxylic acids is 1. The van der Waals surface area contributed by atoms with Crippen molar-refractivity contribution >= 4 is 17.6 Å². The number of carbonyl (C=O) groups is 1. The molecule has 4 atom stereocenters. The van der Waals surface area contributed by atoms with E-state index in [-0.39, 0.29) is 5.88 Å². The van der Waals surface area contributed by atoms with Crippen molar-refractivity contribution in [3.05, 3.63) is 0 Å². The van der Waals surface area contributed by atoms with Gasteiger partial charge in [-0.15, -0.1) is 11.6 Å². The summed E-state index contributed by atoms with van der Waals surface area (Å²) in [5.41, 5.74) is 0. The van der Waals surface area contributed by atoms with Crippen LogP contribution in [-0.4, -0.2) is 46.7 Å². The lowest BCUT2D eigenvalue weighted by Gasteiger charge is -2.13. The lowest BCUT2D eigenvalue weighted by molar-refractivity contribution is -0.184. The highest BCUT2D eigenvalue weighted by atomic mass is 35.5. The van der Waals surface area contributed by atoms with Gasteiger partial charge in [0.1, 0.15) is 18.3 Å². The molecule has 1 fully saturated rings. The average molecular weight is 211 g/mol. The molecule has 13 heavy (non-hydrogen) atoms. The maximum atomic E-state index is 10.5. The Labute approximate surface area is 80.2 Å². The van der Waals surface area contributed by atoms with Crippen LogP contribution in [0.2, 0.25) is 0 Å². The summed E-state index contributed by atoms with van der Waals surface area (Å²) >= 11 is 5.43. The van der Waals surface area contributed by atoms with Gasteiger partial charge in [-0.25, -0.2) is 0 Å². The number of aliphatic hydroxyl groups is 2. The molecule has 0 aromatic rings. The zero-order chi connectivity index (χ0) is 10.0. The van der Waals surface area contributed by atoms with E-state index in [0.29, 0.717) is 0 Å². The third-order valence-electron chi connectivity index (χ3n) is 1.75. The van der Waals surface area contributed by atoms with Gasteiger partial charge in [-0.2, -0.15) is 0 Å². The molecule has 0 unspecified atom stereocenters. The zero-order valence-electron chi connectivity index (χ0n) is 7.01. The van der Waals surface area contributed by atoms with E-state index < -0.39 is 30.6 Å². The molecule has 1 aliphatic heterocycles. The number of rotatable bonds is 2. The summed E-state index contributed by atoms with van der Waals surface area (Å²) in [6.07, 6.45) is -4.15. The Morgan fingerprint density at radius 2 is 2.15 bits per heavy atom. The molecule has 1 saturated heterocycles. The van der Waals surface area contributed by atoms with E-state index in [1.165, 1.54) is 6.92 Å². The monoisotopic (exact) mass is 210 g/mol. The molecule has 0 aromatic carbocycles. The first kappa shape index (κ1) is 10.7. The molecule has 2 N–H and O–H groups in total. The fourth-order valence-corrected chi connectivity index (χ4v) is 1.36. The minimum Gasteiger partial charge on any atom is -0.433 e. The number of aliphatic hydroxyl groups excluding tert-OH is 2. The quantitative estimate of drug-likeness (QED) is 0.463. The third kappa shape index (κ3) is 2.31. The molecule has 1 heterocycles. The molecule has 0 amide bonds. The lowest BCUT2D eigenvalue weighted by atomic mass is 10.2. The maximum Gasteiger partial charge on any atom is 0.305 e. The minimum atomic E-state index is -1.23. The van der Waals surface area contributed by atoms with Crippen molar-refractivity contribution in [3.63, 3.8) is 0 Å². The molecule has 0 aromatic heterocycles. The Morgan fingerprint density at radius 3 is 2.54 bits per heavy atom. The first-order chi connectivity index (χ1) is 6.06. The highest BCUT2D eigenvalue weighted by molar-refractivity contribution is 6.18. The second kappa shape index (κ2) is 4.23. The highest BCUT2D eigenvalue weighted by Gasteiger charge is 2.44. The molecule has 1 rings (SSSR count). The first-order valence-electron chi connectivity index (χ1n) is 3.81. The van der Waals surface area contributed by atoms with E-state index in [4.69, 9.17) is 16.3 Å². The molecule has 0 radical (unpaired) electrons. The standard InChI is InChI=1S/C7H11ClO5/c1-3(9)12-7-6(11)5(10)4(2-8)13-7/h4-7,10-11H,2H2,1H3/t4-,5-,6-,7-/m1/s1. The summed E-state index contributed by atoms with van der Waals surface area (Å²) in [5.74, 6) is -0.540. The summed E-state index contributed by atoms with van der Waals surface area (Å²) in [4.78, 5) is 10.5. The number of esters is 1. The van der Waals surface area contributed by atoms with Crippen molar-refractivity contribution in [1.29, 1.82) is 0 Å². The number of ether oxygens (including phenoxy) is 2. The number of alkyl halides is 1. The molecule has 1 aliphatic rings. The van der Waals surface area contributed by atoms with E-state index in [9.17, 15) is 15.0 Å². The van der Waals surface area contributed by atoms with Crippen molar-refractivity contribution in [3.8, 4) is 0 Å². The van der Waals surface area contributed by atoms with Crippen LogP contribution in [0.5, 0.6) is 0 Å². The van der Waals surface area contributed by atoms with Gasteiger partial charge in [-0.05, 0) is 0 Å². The average Bonchev–Trinajstić information content (AvgIpc) is 2.32. The minimum absolute atomic E-state index is 0.0377. The summed E-state index contributed by atoms with van der Waals surface area (Å²) in [6.45, 7) is 1.19. The Kier molecular flexibility index (Phi) is 3.49. The van der Waals surface area contributed by atoms with Crippen molar-refractivity contribution in [1.82, 2.24) is 0 Å². The SMILES string of the molecule is CC(=O)O[C@@H]1O[C@H](CCl)[C@@H](O)[C@H]1O. The second-order valence-corrected chi connectivity index (χ2v) is 3.10. The summed E-state index contributed by atoms with van der Waals surface area (Å²) < 4.78 is 9.57. The molecule has 76 valence electrons. The van der Waals surface area contributed by atoms with Crippen LogP contribution in [0.1, 0.15) is 6.92 Å². The normalized spacial score (nSPS) is 39.1. The number of hydrogen-bond acceptors (Lipinski definition) is 5. The first-order valence-corrected chi connectivity index (χ1v) is 4.34. The molecule has 6 heteroatoms. The fraction of sp³-hybridized carbons (Fsp3) is 0.857. The Hall–Kier alpha value is -0.360. The third-order valence-corrected chi connectivity index (χ3v) is 2.06. The largest absolute Gasteiger partial charge is 0.433 e. The lowest BCUT2D eigenvalue weighted by Crippen LogP contribution is -2.34. The van der Waals surface area contributed by atoms with Gasteiger partial charge in [0.2, 0.25) is 6.29 Å². The van der Waals surface area contributed by atoms with Crippen molar-refractivity contribution < 1.29 is 24.5 Å². The van der Waals surface area contributed by atoms with Crippen LogP contribution in [-0.2, 0) is 14.3 Å². The van der Waals surface area contributed by atoms with Gasteiger partial charge in [0, 0.05) is 6.92 Å². The maximum absolute atomic E-state index is 10.5. The second-order valence-electron chi connectivity index (χ2n) is 2.79. The molecule has 0 saturated carbocycles. The Morgan fingerprint density at radius 1 is 1.54 bits per heavy atom. The van der Waals surface area contributed by atoms with E-state index in [1.807, 2.05) is 0 Å². The molecule has 0 spiro atoms. The predicted molar refractivity (Wildman–Crippen MR) is 43.2 cm³/mol. The van der Waals surface area contributed by atoms with Gasteiger partial charge in [0.05, 0.1) is 5.88 Å². The van der Waals surface area contributed by atoms with E-state index in [0.717, 1.165) is 0 Å². The molecule has 0 aliphatic carbocycles. The van der Waals surface area contributed by atoms with E-state index in [2.05, 4.69) is 4.74 Å². The zero-order valence-corrected chi connectivity index (χ0v) is 7.77. The van der Waals surface area contributed by atoms with Crippen LogP contribution in [0.3, 0.4) is 0 Å². The molecular weight excluding hydrogens is 200 g/mol. The van der Waals surface area contributed by atoms with Gasteiger partial charge < -0.3 is 19.7 Å². The van der Waals surface area contributed by atoms with Gasteiger partial charge in [0.25, 0.3) is 0 Å². The Balaban J connectivity index is 2.55. The highest BCUT2D eigenvalue weighted by Crippen LogP contribution is 2.22. The topological polar surface area (TPSA) is 76.0 Å².